The van der Waals surface area contributed by atoms with E-state index in [4.69, 9.17) is 0 Å². The van der Waals surface area contributed by atoms with Crippen molar-refractivity contribution < 1.29 is 22.7 Å². The third-order valence-electron chi connectivity index (χ3n) is 1.02. The van der Waals surface area contributed by atoms with Crippen LogP contribution in [0.15, 0.2) is 21.6 Å². The average molecular weight is 217 g/mol. The molecule has 14 heavy (non-hydrogen) atoms. The average Bonchev–Trinajstić information content (AvgIpc) is 2.76. The summed E-state index contributed by atoms with van der Waals surface area (Å²) in [6.07, 6.45) is 2.13. The molecule has 0 radical (unpaired) electrons. The van der Waals surface area contributed by atoms with Gasteiger partial charge in [0.15, 0.2) is 12.5 Å². The summed E-state index contributed by atoms with van der Waals surface area (Å²) in [5.74, 6) is -0.106. The van der Waals surface area contributed by atoms with Crippen LogP contribution in [0, 0.1) is 0 Å². The van der Waals surface area contributed by atoms with Gasteiger partial charge >= 0.3 is 20.0 Å². The van der Waals surface area contributed by atoms with Gasteiger partial charge in [0.05, 0.1) is 0 Å². The molecular weight excluding hydrogens is 215 g/mol. The Hall–Kier alpha value is -2.02. The van der Waals surface area contributed by atoms with E-state index in [-0.39, 0.29) is 11.8 Å². The second kappa shape index (κ2) is 3.79. The summed E-state index contributed by atoms with van der Waals surface area (Å²) in [7, 11) is -2.46. The molecule has 0 aliphatic heterocycles. The molecule has 2 rings (SSSR count). The van der Waals surface area contributed by atoms with Crippen molar-refractivity contribution in [3.63, 3.8) is 0 Å². The maximum atomic E-state index is 11.1. The van der Waals surface area contributed by atoms with Gasteiger partial charge in [-0.05, 0) is 0 Å². The number of rotatable bonds is 4. The van der Waals surface area contributed by atoms with Crippen molar-refractivity contribution in [1.29, 1.82) is 0 Å². The largest absolute Gasteiger partial charge is 0.809 e. The molecule has 72 valence electrons. The van der Waals surface area contributed by atoms with Gasteiger partial charge in [0, 0.05) is 15.1 Å². The van der Waals surface area contributed by atoms with Crippen molar-refractivity contribution in [2.45, 2.75) is 0 Å². The van der Waals surface area contributed by atoms with Crippen LogP contribution >= 0.6 is 8.25 Å². The molecule has 0 N–H and O–H groups in total. The first-order valence-electron chi connectivity index (χ1n) is 3.22. The third-order valence-corrected chi connectivity index (χ3v) is 1.69. The summed E-state index contributed by atoms with van der Waals surface area (Å²) in [4.78, 5) is 0. The molecule has 0 aliphatic rings. The number of hydrogen-bond donors (Lipinski definition) is 0. The second-order valence-electron chi connectivity index (χ2n) is 1.89. The summed E-state index contributed by atoms with van der Waals surface area (Å²) < 4.78 is 29.0. The highest BCUT2D eigenvalue weighted by Gasteiger charge is 2.28. The van der Waals surface area contributed by atoms with Crippen molar-refractivity contribution in [2.24, 2.45) is 0 Å². The molecule has 0 amide bonds. The van der Waals surface area contributed by atoms with Crippen LogP contribution in [0.2, 0.25) is 0 Å². The molecule has 2 aromatic heterocycles. The molecule has 9 nitrogen and oxygen atoms in total. The molecule has 0 unspecified atom stereocenters. The smallest absolute Gasteiger partial charge is 0.341 e. The third kappa shape index (κ3) is 2.02. The van der Waals surface area contributed by atoms with Gasteiger partial charge < -0.3 is 9.05 Å². The minimum atomic E-state index is -2.46. The highest BCUT2D eigenvalue weighted by Crippen LogP contribution is 2.27. The zero-order chi connectivity index (χ0) is 9.80. The summed E-state index contributed by atoms with van der Waals surface area (Å²) in [5, 5.41) is 12.8. The van der Waals surface area contributed by atoms with E-state index in [2.05, 4.69) is 38.8 Å². The monoisotopic (exact) mass is 217 g/mol. The van der Waals surface area contributed by atoms with Crippen molar-refractivity contribution in [3.8, 4) is 11.8 Å². The lowest BCUT2D eigenvalue weighted by Gasteiger charge is -1.81. The lowest BCUT2D eigenvalue weighted by atomic mass is 10.9. The van der Waals surface area contributed by atoms with Crippen molar-refractivity contribution >= 4 is 8.25 Å². The van der Waals surface area contributed by atoms with Gasteiger partial charge in [-0.25, -0.2) is 0 Å². The van der Waals surface area contributed by atoms with Gasteiger partial charge in [-0.3, -0.25) is 0 Å². The summed E-state index contributed by atoms with van der Waals surface area (Å²) in [5.41, 5.74) is 0. The Morgan fingerprint density at radius 1 is 1.07 bits per heavy atom. The fraction of sp³-hybridized carbons (Fsp3) is 0. The van der Waals surface area contributed by atoms with Crippen LogP contribution in [0.1, 0.15) is 0 Å². The van der Waals surface area contributed by atoms with Gasteiger partial charge in [0.1, 0.15) is 0 Å². The highest BCUT2D eigenvalue weighted by molar-refractivity contribution is 7.34. The van der Waals surface area contributed by atoms with Crippen LogP contribution in [0.25, 0.3) is 0 Å². The van der Waals surface area contributed by atoms with E-state index in [1.54, 1.807) is 0 Å². The van der Waals surface area contributed by atoms with Gasteiger partial charge in [-0.1, -0.05) is 10.2 Å². The van der Waals surface area contributed by atoms with Gasteiger partial charge in [-0.2, -0.15) is 9.05 Å². The molecule has 0 fully saturated rings. The predicted molar refractivity (Wildman–Crippen MR) is 37.5 cm³/mol. The van der Waals surface area contributed by atoms with Gasteiger partial charge in [0.2, 0.25) is 0 Å². The molecule has 0 aromatic carbocycles. The maximum absolute atomic E-state index is 11.1. The number of hydrogen-bond acceptors (Lipinski definition) is 9. The van der Waals surface area contributed by atoms with Crippen LogP contribution in [0.3, 0.4) is 0 Å². The molecule has 0 saturated carbocycles. The first-order chi connectivity index (χ1) is 6.84. The van der Waals surface area contributed by atoms with E-state index in [9.17, 15) is 4.57 Å². The van der Waals surface area contributed by atoms with E-state index in [0.29, 0.717) is 0 Å². The topological polar surface area (TPSA) is 113 Å². The molecule has 0 atom stereocenters. The number of nitrogens with zero attached hydrogens (tertiary/aromatic N) is 4. The summed E-state index contributed by atoms with van der Waals surface area (Å²) >= 11 is 0. The molecule has 0 spiro atoms. The first-order valence-corrected chi connectivity index (χ1v) is 4.31. The fourth-order valence-electron chi connectivity index (χ4n) is 0.563. The van der Waals surface area contributed by atoms with Crippen LogP contribution in [-0.2, 0) is 4.57 Å². The van der Waals surface area contributed by atoms with E-state index in [0.717, 1.165) is 12.5 Å². The Balaban J connectivity index is 1.91. The summed E-state index contributed by atoms with van der Waals surface area (Å²) in [6, 6.07) is 0. The zero-order valence-corrected chi connectivity index (χ0v) is 7.33. The van der Waals surface area contributed by atoms with Crippen molar-refractivity contribution in [3.05, 3.63) is 12.5 Å². The first kappa shape index (κ1) is 8.57. The molecule has 0 bridgehead atoms. The van der Waals surface area contributed by atoms with Gasteiger partial charge in [0.25, 0.3) is 0 Å². The van der Waals surface area contributed by atoms with Gasteiger partial charge in [-0.15, -0.1) is 0 Å². The zero-order valence-electron chi connectivity index (χ0n) is 6.43. The fourth-order valence-corrected chi connectivity index (χ4v) is 1.06. The Morgan fingerprint density at radius 2 is 1.57 bits per heavy atom. The second-order valence-corrected chi connectivity index (χ2v) is 2.70. The van der Waals surface area contributed by atoms with E-state index >= 15 is 0 Å². The Kier molecular flexibility index (Phi) is 2.32. The molecule has 2 aromatic rings. The molecule has 0 aliphatic carbocycles. The van der Waals surface area contributed by atoms with Crippen LogP contribution in [0.5, 0.6) is 11.8 Å². The lowest BCUT2D eigenvalue weighted by Crippen LogP contribution is -1.89. The van der Waals surface area contributed by atoms with E-state index in [1.165, 1.54) is 0 Å². The minimum Gasteiger partial charge on any atom is -0.341 e. The normalized spacial score (nSPS) is 9.71. The van der Waals surface area contributed by atoms with Crippen molar-refractivity contribution in [2.75, 3.05) is 0 Å². The van der Waals surface area contributed by atoms with Crippen LogP contribution in [-0.4, -0.2) is 20.7 Å². The predicted octanol–water partition coefficient (Wildman–Crippen LogP) is 0.568. The lowest BCUT2D eigenvalue weighted by molar-refractivity contribution is 0.391. The molecular formula is C4H2N4O5P+. The Bertz CT molecular complexity index is 361. The standard InChI is InChI=1S/C4H2N4O5P/c9-14(12-3-1-10-7-5-3)13-4-2-11-8-6-4/h1-2H/q+1. The van der Waals surface area contributed by atoms with Crippen molar-refractivity contribution in [1.82, 2.24) is 20.7 Å². The molecule has 10 heteroatoms. The highest BCUT2D eigenvalue weighted by atomic mass is 31.1. The minimum absolute atomic E-state index is 0.0532. The Labute approximate surface area is 76.9 Å². The van der Waals surface area contributed by atoms with Crippen LogP contribution < -0.4 is 9.05 Å². The molecule has 0 saturated heterocycles. The number of aromatic nitrogens is 4. The van der Waals surface area contributed by atoms with E-state index < -0.39 is 8.25 Å². The summed E-state index contributed by atoms with van der Waals surface area (Å²) in [6.45, 7) is 0. The quantitative estimate of drug-likeness (QED) is 0.677. The SMILES string of the molecule is O=[P+](Oc1conn1)Oc1conn1. The molecule has 2 heterocycles. The van der Waals surface area contributed by atoms with E-state index in [1.807, 2.05) is 0 Å². The Morgan fingerprint density at radius 3 is 1.93 bits per heavy atom. The maximum Gasteiger partial charge on any atom is 0.809 e. The van der Waals surface area contributed by atoms with Crippen LogP contribution in [0.4, 0.5) is 0 Å².